The zero-order valence-electron chi connectivity index (χ0n) is 24.9. The fourth-order valence-corrected chi connectivity index (χ4v) is 4.62. The van der Waals surface area contributed by atoms with Gasteiger partial charge in [0.25, 0.3) is 0 Å². The van der Waals surface area contributed by atoms with Crippen LogP contribution in [-0.2, 0) is 0 Å². The number of hydrogen-bond acceptors (Lipinski definition) is 8. The van der Waals surface area contributed by atoms with Crippen molar-refractivity contribution in [3.63, 3.8) is 0 Å². The van der Waals surface area contributed by atoms with Crippen LogP contribution in [0.4, 0.5) is 0 Å². The van der Waals surface area contributed by atoms with Crippen molar-refractivity contribution in [2.45, 2.75) is 66.3 Å². The standard InChI is InChI=1S/C30H48N8S/c1-9-15-28(31)39-24(4)20-32-23-27-25(21-33-29(36(27)7)38-19-14-18-34-38)22-35-37(8)26(10-2)16-12-13-17-30(5,6)11-3/h10,12-15,18-19,21-22,27,32H,4,9,11,16-17,20,23,31H2,1-3,5-8H3/b13-12-,26-10+,28-15+,35-22-. The average Bonchev–Trinajstić information content (AvgIpc) is 3.43. The van der Waals surface area contributed by atoms with Crippen molar-refractivity contribution >= 4 is 23.9 Å². The number of hydrogen-bond donors (Lipinski definition) is 2. The first-order valence-corrected chi connectivity index (χ1v) is 14.5. The molecule has 0 amide bonds. The fraction of sp³-hybridized carbons (Fsp3) is 0.500. The Morgan fingerprint density at radius 2 is 2.10 bits per heavy atom. The maximum absolute atomic E-state index is 6.05. The number of nitrogens with one attached hydrogen (secondary N) is 1. The zero-order valence-corrected chi connectivity index (χ0v) is 25.7. The molecule has 1 aliphatic rings. The van der Waals surface area contributed by atoms with E-state index in [0.29, 0.717) is 18.5 Å². The molecule has 1 aromatic rings. The van der Waals surface area contributed by atoms with Crippen LogP contribution in [0.25, 0.3) is 0 Å². The third kappa shape index (κ3) is 10.6. The van der Waals surface area contributed by atoms with Gasteiger partial charge in [-0.2, -0.15) is 10.2 Å². The summed E-state index contributed by atoms with van der Waals surface area (Å²) in [4.78, 5) is 7.79. The van der Waals surface area contributed by atoms with Crippen LogP contribution in [0, 0.1) is 5.41 Å². The molecule has 1 aliphatic heterocycles. The van der Waals surface area contributed by atoms with E-state index in [2.05, 4.69) is 74.7 Å². The quantitative estimate of drug-likeness (QED) is 0.159. The van der Waals surface area contributed by atoms with Crippen molar-refractivity contribution in [2.24, 2.45) is 21.2 Å². The summed E-state index contributed by atoms with van der Waals surface area (Å²) in [7, 11) is 4.02. The second kappa shape index (κ2) is 16.2. The molecule has 0 bridgehead atoms. The Balaban J connectivity index is 2.12. The largest absolute Gasteiger partial charge is 0.394 e. The highest BCUT2D eigenvalue weighted by Crippen LogP contribution is 2.25. The van der Waals surface area contributed by atoms with Crippen LogP contribution in [0.3, 0.4) is 0 Å². The second-order valence-electron chi connectivity index (χ2n) is 10.4. The van der Waals surface area contributed by atoms with Crippen LogP contribution in [0.15, 0.2) is 86.8 Å². The Hall–Kier alpha value is -3.04. The van der Waals surface area contributed by atoms with E-state index in [-0.39, 0.29) is 6.04 Å². The van der Waals surface area contributed by atoms with E-state index in [9.17, 15) is 0 Å². The van der Waals surface area contributed by atoms with Gasteiger partial charge in [0.05, 0.1) is 17.3 Å². The Labute approximate surface area is 240 Å². The molecule has 9 heteroatoms. The van der Waals surface area contributed by atoms with Crippen molar-refractivity contribution in [3.8, 4) is 0 Å². The number of nitrogens with zero attached hydrogens (tertiary/aromatic N) is 6. The smallest absolute Gasteiger partial charge is 0.226 e. The highest BCUT2D eigenvalue weighted by Gasteiger charge is 2.26. The van der Waals surface area contributed by atoms with Gasteiger partial charge in [-0.05, 0) is 36.2 Å². The monoisotopic (exact) mass is 552 g/mol. The number of aliphatic imine (C=N–C) groups is 1. The number of likely N-dealkylation sites (N-methyl/N-ethyl adjacent to an activating group) is 1. The van der Waals surface area contributed by atoms with Gasteiger partial charge in [-0.1, -0.05) is 76.8 Å². The number of hydrazone groups is 1. The maximum Gasteiger partial charge on any atom is 0.226 e. The highest BCUT2D eigenvalue weighted by atomic mass is 32.2. The lowest BCUT2D eigenvalue weighted by Gasteiger charge is -2.34. The highest BCUT2D eigenvalue weighted by molar-refractivity contribution is 8.06. The Kier molecular flexibility index (Phi) is 13.3. The maximum atomic E-state index is 6.05. The summed E-state index contributed by atoms with van der Waals surface area (Å²) in [5.74, 6) is 0.759. The van der Waals surface area contributed by atoms with Crippen LogP contribution < -0.4 is 11.1 Å². The normalized spacial score (nSPS) is 17.2. The number of aromatic nitrogens is 2. The van der Waals surface area contributed by atoms with Crippen LogP contribution >= 0.6 is 11.8 Å². The first kappa shape index (κ1) is 32.2. The molecule has 3 N–H and O–H groups in total. The molecule has 0 spiro atoms. The zero-order chi connectivity index (χ0) is 28.8. The van der Waals surface area contributed by atoms with Gasteiger partial charge in [0.15, 0.2) is 0 Å². The van der Waals surface area contributed by atoms with Gasteiger partial charge >= 0.3 is 0 Å². The van der Waals surface area contributed by atoms with Crippen LogP contribution in [0.2, 0.25) is 0 Å². The van der Waals surface area contributed by atoms with Crippen molar-refractivity contribution in [3.05, 3.63) is 76.7 Å². The van der Waals surface area contributed by atoms with Crippen LogP contribution in [-0.4, -0.2) is 65.1 Å². The van der Waals surface area contributed by atoms with E-state index in [1.54, 1.807) is 10.9 Å². The molecular formula is C30H48N8S. The first-order chi connectivity index (χ1) is 18.6. The SMILES string of the molecule is C=C(CNCC1C(/C=N\N(C)/C(=C/C)C/C=C\CC(C)(C)CC)=CN=C(n2cccn2)N1C)S/C(N)=C/CC. The Morgan fingerprint density at radius 1 is 1.33 bits per heavy atom. The number of nitrogens with two attached hydrogens (primary N) is 1. The molecule has 2 rings (SSSR count). The Morgan fingerprint density at radius 3 is 2.74 bits per heavy atom. The van der Waals surface area contributed by atoms with Gasteiger partial charge in [0.1, 0.15) is 0 Å². The van der Waals surface area contributed by atoms with Gasteiger partial charge in [0, 0.05) is 63.5 Å². The van der Waals surface area contributed by atoms with E-state index in [1.807, 2.05) is 49.9 Å². The topological polar surface area (TPSA) is 87.1 Å². The minimum absolute atomic E-state index is 0.00501. The molecule has 2 heterocycles. The molecular weight excluding hydrogens is 504 g/mol. The third-order valence-electron chi connectivity index (χ3n) is 6.78. The molecule has 0 saturated carbocycles. The summed E-state index contributed by atoms with van der Waals surface area (Å²) in [6.07, 6.45) is 20.1. The van der Waals surface area contributed by atoms with Crippen molar-refractivity contribution in [1.82, 2.24) is 25.0 Å². The van der Waals surface area contributed by atoms with E-state index in [1.165, 1.54) is 18.2 Å². The van der Waals surface area contributed by atoms with Crippen molar-refractivity contribution < 1.29 is 0 Å². The van der Waals surface area contributed by atoms with Crippen molar-refractivity contribution in [2.75, 3.05) is 27.2 Å². The van der Waals surface area contributed by atoms with Gasteiger partial charge in [-0.3, -0.25) is 5.01 Å². The summed E-state index contributed by atoms with van der Waals surface area (Å²) in [5, 5.41) is 15.4. The fourth-order valence-electron chi connectivity index (χ4n) is 3.86. The lowest BCUT2D eigenvalue weighted by Crippen LogP contribution is -2.49. The molecule has 1 unspecified atom stereocenters. The molecule has 214 valence electrons. The molecule has 0 saturated heterocycles. The summed E-state index contributed by atoms with van der Waals surface area (Å²) < 4.78 is 1.78. The van der Waals surface area contributed by atoms with Gasteiger partial charge < -0.3 is 16.0 Å². The predicted octanol–water partition coefficient (Wildman–Crippen LogP) is 5.93. The number of thioether (sulfide) groups is 1. The molecule has 0 radical (unpaired) electrons. The lowest BCUT2D eigenvalue weighted by molar-refractivity contribution is 0.356. The molecule has 0 aromatic carbocycles. The van der Waals surface area contributed by atoms with E-state index in [0.717, 1.165) is 46.4 Å². The Bertz CT molecular complexity index is 1090. The first-order valence-electron chi connectivity index (χ1n) is 13.7. The number of rotatable bonds is 15. The second-order valence-corrected chi connectivity index (χ2v) is 11.6. The molecule has 8 nitrogen and oxygen atoms in total. The lowest BCUT2D eigenvalue weighted by atomic mass is 9.86. The molecule has 0 fully saturated rings. The van der Waals surface area contributed by atoms with Crippen LogP contribution in [0.1, 0.15) is 60.3 Å². The van der Waals surface area contributed by atoms with E-state index in [4.69, 9.17) is 15.8 Å². The van der Waals surface area contributed by atoms with Gasteiger partial charge in [0.2, 0.25) is 5.96 Å². The third-order valence-corrected chi connectivity index (χ3v) is 7.62. The molecule has 0 aliphatic carbocycles. The summed E-state index contributed by atoms with van der Waals surface area (Å²) >= 11 is 1.51. The summed E-state index contributed by atoms with van der Waals surface area (Å²) in [5.41, 5.74) is 8.53. The molecule has 1 aromatic heterocycles. The minimum Gasteiger partial charge on any atom is -0.394 e. The summed E-state index contributed by atoms with van der Waals surface area (Å²) in [6, 6.07) is 1.90. The molecule has 1 atom stereocenters. The van der Waals surface area contributed by atoms with Crippen molar-refractivity contribution in [1.29, 1.82) is 0 Å². The van der Waals surface area contributed by atoms with Crippen LogP contribution in [0.5, 0.6) is 0 Å². The van der Waals surface area contributed by atoms with E-state index >= 15 is 0 Å². The predicted molar refractivity (Wildman–Crippen MR) is 169 cm³/mol. The van der Waals surface area contributed by atoms with Gasteiger partial charge in [-0.15, -0.1) is 0 Å². The minimum atomic E-state index is 0.00501. The summed E-state index contributed by atoms with van der Waals surface area (Å²) in [6.45, 7) is 16.5. The number of allylic oxidation sites excluding steroid dienone is 4. The van der Waals surface area contributed by atoms with E-state index < -0.39 is 0 Å². The average molecular weight is 553 g/mol. The van der Waals surface area contributed by atoms with Gasteiger partial charge in [-0.25, -0.2) is 9.67 Å². The molecule has 39 heavy (non-hydrogen) atoms.